The molecule has 8 aliphatic carbocycles. The molecule has 4 aromatic carbocycles. The van der Waals surface area contributed by atoms with Gasteiger partial charge in [-0.05, 0) is 120 Å². The van der Waals surface area contributed by atoms with E-state index >= 15 is 0 Å². The van der Waals surface area contributed by atoms with Crippen molar-refractivity contribution in [1.82, 2.24) is 0 Å². The van der Waals surface area contributed by atoms with E-state index in [4.69, 9.17) is 0 Å². The van der Waals surface area contributed by atoms with Gasteiger partial charge in [0.2, 0.25) is 0 Å². The van der Waals surface area contributed by atoms with Crippen molar-refractivity contribution < 1.29 is 49.0 Å². The number of hydrogen-bond acceptors (Lipinski definition) is 0. The number of fused-ring (bicyclic) bond motifs is 6. The molecule has 12 rings (SSSR count). The summed E-state index contributed by atoms with van der Waals surface area (Å²) in [6.07, 6.45) is 23.9. The summed E-state index contributed by atoms with van der Waals surface area (Å²) in [6, 6.07) is 24.7. The first kappa shape index (κ1) is 42.6. The molecule has 0 spiro atoms. The number of allylic oxidation sites excluding steroid dienone is 8. The Morgan fingerprint density at radius 1 is 0.719 bits per heavy atom. The molecule has 0 radical (unpaired) electrons. The maximum absolute atomic E-state index is 3.65. The average Bonchev–Trinajstić information content (AvgIpc) is 3.79. The van der Waals surface area contributed by atoms with E-state index in [0.29, 0.717) is 11.3 Å². The quantitative estimate of drug-likeness (QED) is 0.162. The Morgan fingerprint density at radius 3 is 1.93 bits per heavy atom. The van der Waals surface area contributed by atoms with E-state index in [0.717, 1.165) is 24.2 Å². The molecule has 57 heavy (non-hydrogen) atoms. The minimum absolute atomic E-state index is 0. The Bertz CT molecular complexity index is 2250. The molecule has 1 atom stereocenters. The van der Waals surface area contributed by atoms with Crippen LogP contribution in [0.3, 0.4) is 0 Å². The predicted octanol–water partition coefficient (Wildman–Crippen LogP) is 7.91. The van der Waals surface area contributed by atoms with Crippen molar-refractivity contribution in [2.45, 2.75) is 118 Å². The molecular weight excluding hydrogens is 811 g/mol. The first-order valence-corrected chi connectivity index (χ1v) is 22.6. The molecule has 0 aliphatic heterocycles. The SMILES string of the molecule is CC1=[C-]C(C)(C)c2cc3c(cc21)-c1cc2c(cc1C3)C(C)(C)C=C2C.CC1=[C-]C(C)C=C1CC12CC3CC(CC(C3)C1)C2.[Cl-].[Cl-].[Zr+2]=[CH]c1cccc2ccccc12. The molecule has 8 aliphatic rings. The molecule has 0 heterocycles. The number of hydrogen-bond donors (Lipinski definition) is 0. The van der Waals surface area contributed by atoms with E-state index in [1.165, 1.54) is 108 Å². The topological polar surface area (TPSA) is 0 Å². The van der Waals surface area contributed by atoms with Gasteiger partial charge < -0.3 is 24.8 Å². The van der Waals surface area contributed by atoms with Crippen molar-refractivity contribution >= 4 is 25.6 Å². The molecule has 0 saturated heterocycles. The van der Waals surface area contributed by atoms with Gasteiger partial charge in [-0.3, -0.25) is 12.2 Å². The van der Waals surface area contributed by atoms with E-state index in [-0.39, 0.29) is 35.6 Å². The van der Waals surface area contributed by atoms with Gasteiger partial charge in [-0.15, -0.1) is 11.6 Å². The summed E-state index contributed by atoms with van der Waals surface area (Å²) in [5, 5.41) is 2.69. The Morgan fingerprint density at radius 2 is 1.32 bits per heavy atom. The molecule has 4 aromatic rings. The van der Waals surface area contributed by atoms with Crippen LogP contribution in [0.25, 0.3) is 33.0 Å². The normalized spacial score (nSPS) is 26.8. The van der Waals surface area contributed by atoms with Crippen LogP contribution in [0.2, 0.25) is 0 Å². The van der Waals surface area contributed by atoms with E-state index in [2.05, 4.69) is 150 Å². The monoisotopic (exact) mass is 866 g/mol. The van der Waals surface area contributed by atoms with Crippen LogP contribution in [0.5, 0.6) is 0 Å². The first-order valence-electron chi connectivity index (χ1n) is 21.2. The zero-order chi connectivity index (χ0) is 38.4. The first-order chi connectivity index (χ1) is 26.2. The Kier molecular flexibility index (Phi) is 11.8. The molecule has 0 aromatic heterocycles. The summed E-state index contributed by atoms with van der Waals surface area (Å²) in [5.74, 6) is 3.82. The van der Waals surface area contributed by atoms with Gasteiger partial charge in [0, 0.05) is 5.41 Å². The zero-order valence-corrected chi connectivity index (χ0v) is 39.3. The second-order valence-corrected chi connectivity index (χ2v) is 20.5. The van der Waals surface area contributed by atoms with Crippen LogP contribution in [0, 0.1) is 41.2 Å². The van der Waals surface area contributed by atoms with Crippen molar-refractivity contribution in [3.05, 3.63) is 141 Å². The third-order valence-electron chi connectivity index (χ3n) is 14.5. The van der Waals surface area contributed by atoms with Crippen LogP contribution in [-0.4, -0.2) is 3.71 Å². The van der Waals surface area contributed by atoms with Crippen molar-refractivity contribution in [2.24, 2.45) is 29.1 Å². The molecular formula is C54H58Cl2Zr-2. The second kappa shape index (κ2) is 15.8. The number of halogens is 2. The van der Waals surface area contributed by atoms with Gasteiger partial charge in [-0.2, -0.15) is 17.2 Å². The van der Waals surface area contributed by atoms with Gasteiger partial charge in [-0.25, -0.2) is 11.1 Å². The predicted molar refractivity (Wildman–Crippen MR) is 231 cm³/mol. The fourth-order valence-corrected chi connectivity index (χ4v) is 13.3. The van der Waals surface area contributed by atoms with Crippen molar-refractivity contribution in [3.8, 4) is 11.1 Å². The van der Waals surface area contributed by atoms with Gasteiger partial charge in [-0.1, -0.05) is 84.4 Å². The van der Waals surface area contributed by atoms with Crippen LogP contribution in [0.15, 0.2) is 90.0 Å². The second-order valence-electron chi connectivity index (χ2n) is 19.8. The summed E-state index contributed by atoms with van der Waals surface area (Å²) in [6.45, 7) is 18.2. The van der Waals surface area contributed by atoms with Gasteiger partial charge >= 0.3 is 86.7 Å². The summed E-state index contributed by atoms with van der Waals surface area (Å²) < 4.78 is 2.23. The van der Waals surface area contributed by atoms with Gasteiger partial charge in [0.25, 0.3) is 0 Å². The fourth-order valence-electron chi connectivity index (χ4n) is 12.7. The molecule has 294 valence electrons. The van der Waals surface area contributed by atoms with E-state index in [9.17, 15) is 0 Å². The maximum atomic E-state index is 3.65. The summed E-state index contributed by atoms with van der Waals surface area (Å²) in [4.78, 5) is 0. The van der Waals surface area contributed by atoms with E-state index in [1.807, 2.05) is 0 Å². The summed E-state index contributed by atoms with van der Waals surface area (Å²) in [5.41, 5.74) is 19.7. The molecule has 0 N–H and O–H groups in total. The number of rotatable bonds is 3. The average molecular weight is 869 g/mol. The minimum atomic E-state index is 0. The Labute approximate surface area is 370 Å². The third-order valence-corrected chi connectivity index (χ3v) is 15.3. The Balaban J connectivity index is 0.000000137. The molecule has 3 heteroatoms. The molecule has 4 fully saturated rings. The van der Waals surface area contributed by atoms with Crippen molar-refractivity contribution in [1.29, 1.82) is 0 Å². The molecule has 1 unspecified atom stereocenters. The van der Waals surface area contributed by atoms with Crippen molar-refractivity contribution in [3.63, 3.8) is 0 Å². The fraction of sp³-hybridized carbons (Fsp3) is 0.426. The van der Waals surface area contributed by atoms with Crippen LogP contribution >= 0.6 is 0 Å². The third kappa shape index (κ3) is 7.82. The van der Waals surface area contributed by atoms with Crippen LogP contribution < -0.4 is 24.8 Å². The van der Waals surface area contributed by atoms with Crippen LogP contribution in [-0.2, 0) is 41.5 Å². The van der Waals surface area contributed by atoms with E-state index < -0.39 is 0 Å². The molecule has 0 nitrogen and oxygen atoms in total. The summed E-state index contributed by atoms with van der Waals surface area (Å²) in [7, 11) is 0. The summed E-state index contributed by atoms with van der Waals surface area (Å²) >= 11 is 1.46. The molecule has 0 amide bonds. The van der Waals surface area contributed by atoms with Crippen molar-refractivity contribution in [2.75, 3.05) is 0 Å². The molecule has 4 saturated carbocycles. The van der Waals surface area contributed by atoms with Gasteiger partial charge in [0.15, 0.2) is 0 Å². The van der Waals surface area contributed by atoms with E-state index in [1.54, 1.807) is 44.1 Å². The molecule has 4 bridgehead atoms. The van der Waals surface area contributed by atoms with Gasteiger partial charge in [0.1, 0.15) is 0 Å². The van der Waals surface area contributed by atoms with Crippen LogP contribution in [0.1, 0.15) is 139 Å². The standard InChI is InChI=1S/C25H25.C18H25.C11H8.2ClH.Zr/c1-14-12-24(3,4)22-8-16-7-17-9-23-19(15(2)13-25(23,5)6)11-21(17)20(16)10-18(14)22;1-12-3-13(2)17(4-12)11-18-8-14-5-15(9-18)7-16(6-14)10-18;1-9-5-4-7-10-6-2-3-8-11(9)10;;;/h8-12H,7H2,1-6H3;4,12,14-16H,5-11H2,1-2H3;1-8H;2*1H;/q2*-1;;;;+2/p-2. The number of benzene rings is 4. The van der Waals surface area contributed by atoms with Gasteiger partial charge in [0.05, 0.1) is 0 Å². The zero-order valence-electron chi connectivity index (χ0n) is 35.3. The van der Waals surface area contributed by atoms with Crippen LogP contribution in [0.4, 0.5) is 0 Å². The Hall–Kier alpha value is -2.57.